The Hall–Kier alpha value is -3.72. The second-order valence-electron chi connectivity index (χ2n) is 10.2. The summed E-state index contributed by atoms with van der Waals surface area (Å²) in [5, 5.41) is 12.3. The van der Waals surface area contributed by atoms with Crippen LogP contribution in [0.3, 0.4) is 0 Å². The van der Waals surface area contributed by atoms with Crippen molar-refractivity contribution in [1.82, 2.24) is 19.9 Å². The van der Waals surface area contributed by atoms with Crippen molar-refractivity contribution in [2.45, 2.75) is 6.04 Å². The zero-order valence-corrected chi connectivity index (χ0v) is 25.5. The van der Waals surface area contributed by atoms with E-state index in [2.05, 4.69) is 36.6 Å². The van der Waals surface area contributed by atoms with Crippen molar-refractivity contribution in [2.75, 3.05) is 43.4 Å². The van der Waals surface area contributed by atoms with Crippen LogP contribution in [0.2, 0.25) is 15.1 Å². The predicted molar refractivity (Wildman–Crippen MR) is 181 cm³/mol. The number of benzene rings is 3. The molecule has 6 rings (SSSR count). The highest BCUT2D eigenvalue weighted by atomic mass is 35.5. The van der Waals surface area contributed by atoms with E-state index >= 15 is 0 Å². The number of hydrogen-bond donors (Lipinski definition) is 3. The second kappa shape index (κ2) is 13.3. The minimum Gasteiger partial charge on any atom is -0.383 e. The summed E-state index contributed by atoms with van der Waals surface area (Å²) in [4.78, 5) is 15.9. The molecule has 1 unspecified atom stereocenters. The van der Waals surface area contributed by atoms with Crippen molar-refractivity contribution in [3.8, 4) is 0 Å². The Morgan fingerprint density at radius 3 is 1.53 bits per heavy atom. The molecule has 3 heterocycles. The van der Waals surface area contributed by atoms with E-state index in [9.17, 15) is 0 Å². The highest BCUT2D eigenvalue weighted by molar-refractivity contribution is 6.32. The first-order valence-corrected chi connectivity index (χ1v) is 15.2. The maximum atomic E-state index is 6.50. The third kappa shape index (κ3) is 6.61. The largest absolute Gasteiger partial charge is 0.383 e. The standard InChI is InChI=1S/C33H30Cl3N7/c34-21-1-4-24-25(7-10-38-30(24)17-21)33(20-37)43(15-13-41-28-8-11-39-31-18-22(35)2-5-26(28)31)16-14-42-29-9-12-40-32-19-23(36)3-6-27(29)32/h1-12,17-19,33H,13-16,20,37H2,(H,39,41)(H,40,42). The van der Waals surface area contributed by atoms with E-state index in [4.69, 9.17) is 40.5 Å². The molecule has 3 aromatic heterocycles. The Morgan fingerprint density at radius 2 is 1.05 bits per heavy atom. The average Bonchev–Trinajstić information content (AvgIpc) is 3.01. The van der Waals surface area contributed by atoms with Crippen molar-refractivity contribution < 1.29 is 0 Å². The van der Waals surface area contributed by atoms with Gasteiger partial charge in [-0.25, -0.2) is 0 Å². The Morgan fingerprint density at radius 1 is 0.605 bits per heavy atom. The lowest BCUT2D eigenvalue weighted by Gasteiger charge is -2.32. The van der Waals surface area contributed by atoms with E-state index in [1.165, 1.54) is 0 Å². The number of nitrogens with zero attached hydrogens (tertiary/aromatic N) is 4. The molecule has 7 nitrogen and oxygen atoms in total. The molecule has 43 heavy (non-hydrogen) atoms. The average molecular weight is 631 g/mol. The molecule has 3 aromatic carbocycles. The van der Waals surface area contributed by atoms with E-state index in [-0.39, 0.29) is 6.04 Å². The summed E-state index contributed by atoms with van der Waals surface area (Å²) in [5.74, 6) is 0. The minimum absolute atomic E-state index is 0.0451. The van der Waals surface area contributed by atoms with E-state index in [1.807, 2.05) is 72.9 Å². The first-order valence-electron chi connectivity index (χ1n) is 14.0. The first kappa shape index (κ1) is 29.4. The fraction of sp³-hybridized carbons (Fsp3) is 0.182. The van der Waals surface area contributed by atoms with E-state index in [0.29, 0.717) is 34.7 Å². The molecular weight excluding hydrogens is 601 g/mol. The molecule has 0 bridgehead atoms. The summed E-state index contributed by atoms with van der Waals surface area (Å²) in [6.45, 7) is 3.32. The van der Waals surface area contributed by atoms with Gasteiger partial charge in [0.15, 0.2) is 0 Å². The van der Waals surface area contributed by atoms with Crippen LogP contribution < -0.4 is 16.4 Å². The molecule has 6 aromatic rings. The maximum absolute atomic E-state index is 6.50. The molecule has 4 N–H and O–H groups in total. The highest BCUT2D eigenvalue weighted by Crippen LogP contribution is 2.30. The molecule has 10 heteroatoms. The fourth-order valence-corrected chi connectivity index (χ4v) is 6.05. The zero-order chi connectivity index (χ0) is 29.8. The summed E-state index contributed by atoms with van der Waals surface area (Å²) in [5.41, 5.74) is 12.2. The number of rotatable bonds is 11. The van der Waals surface area contributed by atoms with Crippen LogP contribution in [0, 0.1) is 0 Å². The molecule has 0 saturated heterocycles. The summed E-state index contributed by atoms with van der Waals surface area (Å²) in [6, 6.07) is 23.3. The van der Waals surface area contributed by atoms with E-state index in [0.717, 1.165) is 62.7 Å². The molecule has 0 aliphatic heterocycles. The SMILES string of the molecule is NCC(c1ccnc2cc(Cl)ccc12)N(CCNc1ccnc2cc(Cl)ccc12)CCNc1ccnc2cc(Cl)ccc12. The van der Waals surface area contributed by atoms with Crippen LogP contribution >= 0.6 is 34.8 Å². The lowest BCUT2D eigenvalue weighted by Crippen LogP contribution is -2.40. The van der Waals surface area contributed by atoms with Gasteiger partial charge in [-0.05, 0) is 72.3 Å². The van der Waals surface area contributed by atoms with Crippen LogP contribution in [0.25, 0.3) is 32.7 Å². The van der Waals surface area contributed by atoms with Crippen molar-refractivity contribution >= 4 is 78.9 Å². The van der Waals surface area contributed by atoms with Crippen LogP contribution in [0.4, 0.5) is 11.4 Å². The van der Waals surface area contributed by atoms with Gasteiger partial charge in [-0.15, -0.1) is 0 Å². The number of nitrogens with one attached hydrogen (secondary N) is 2. The summed E-state index contributed by atoms with van der Waals surface area (Å²) >= 11 is 18.7. The van der Waals surface area contributed by atoms with Crippen LogP contribution in [-0.4, -0.2) is 52.6 Å². The second-order valence-corrected chi connectivity index (χ2v) is 11.6. The molecule has 218 valence electrons. The zero-order valence-electron chi connectivity index (χ0n) is 23.3. The maximum Gasteiger partial charge on any atom is 0.0737 e. The van der Waals surface area contributed by atoms with Gasteiger partial charge >= 0.3 is 0 Å². The predicted octanol–water partition coefficient (Wildman–Crippen LogP) is 7.82. The van der Waals surface area contributed by atoms with Crippen LogP contribution in [-0.2, 0) is 0 Å². The highest BCUT2D eigenvalue weighted by Gasteiger charge is 2.21. The number of fused-ring (bicyclic) bond motifs is 3. The first-order chi connectivity index (χ1) is 21.0. The summed E-state index contributed by atoms with van der Waals surface area (Å²) < 4.78 is 0. The van der Waals surface area contributed by atoms with Crippen LogP contribution in [0.5, 0.6) is 0 Å². The summed E-state index contributed by atoms with van der Waals surface area (Å²) in [7, 11) is 0. The van der Waals surface area contributed by atoms with Gasteiger partial charge in [0.25, 0.3) is 0 Å². The molecule has 0 aliphatic rings. The Bertz CT molecular complexity index is 1810. The molecule has 0 radical (unpaired) electrons. The molecule has 0 fully saturated rings. The van der Waals surface area contributed by atoms with Gasteiger partial charge in [-0.3, -0.25) is 19.9 Å². The van der Waals surface area contributed by atoms with Crippen LogP contribution in [0.1, 0.15) is 11.6 Å². The molecular formula is C33H30Cl3N7. The van der Waals surface area contributed by atoms with E-state index in [1.54, 1.807) is 12.4 Å². The number of aromatic nitrogens is 3. The van der Waals surface area contributed by atoms with Gasteiger partial charge in [0, 0.05) is 100.0 Å². The molecule has 1 atom stereocenters. The van der Waals surface area contributed by atoms with Gasteiger partial charge in [0.05, 0.1) is 16.6 Å². The monoisotopic (exact) mass is 629 g/mol. The number of pyridine rings is 3. The van der Waals surface area contributed by atoms with Gasteiger partial charge in [0.2, 0.25) is 0 Å². The quantitative estimate of drug-likeness (QED) is 0.134. The van der Waals surface area contributed by atoms with Crippen LogP contribution in [0.15, 0.2) is 91.4 Å². The third-order valence-corrected chi connectivity index (χ3v) is 8.31. The number of anilines is 2. The molecule has 0 aliphatic carbocycles. The lowest BCUT2D eigenvalue weighted by atomic mass is 10.0. The molecule has 0 spiro atoms. The Balaban J connectivity index is 1.25. The van der Waals surface area contributed by atoms with Gasteiger partial charge in [-0.1, -0.05) is 40.9 Å². The molecule has 0 amide bonds. The lowest BCUT2D eigenvalue weighted by molar-refractivity contribution is 0.218. The van der Waals surface area contributed by atoms with Gasteiger partial charge < -0.3 is 16.4 Å². The van der Waals surface area contributed by atoms with Gasteiger partial charge in [-0.2, -0.15) is 0 Å². The third-order valence-electron chi connectivity index (χ3n) is 7.60. The van der Waals surface area contributed by atoms with Crippen molar-refractivity contribution in [3.63, 3.8) is 0 Å². The number of halogens is 3. The van der Waals surface area contributed by atoms with Crippen molar-refractivity contribution in [2.24, 2.45) is 5.73 Å². The number of hydrogen-bond acceptors (Lipinski definition) is 7. The normalized spacial score (nSPS) is 12.3. The Labute approximate surface area is 265 Å². The number of nitrogens with two attached hydrogens (primary N) is 1. The molecule has 0 saturated carbocycles. The minimum atomic E-state index is -0.0451. The fourth-order valence-electron chi connectivity index (χ4n) is 5.55. The van der Waals surface area contributed by atoms with E-state index < -0.39 is 0 Å². The topological polar surface area (TPSA) is 92.0 Å². The van der Waals surface area contributed by atoms with Crippen molar-refractivity contribution in [3.05, 3.63) is 112 Å². The summed E-state index contributed by atoms with van der Waals surface area (Å²) in [6.07, 6.45) is 5.42. The Kier molecular flexibility index (Phi) is 9.07. The smallest absolute Gasteiger partial charge is 0.0737 e. The van der Waals surface area contributed by atoms with Crippen molar-refractivity contribution in [1.29, 1.82) is 0 Å². The van der Waals surface area contributed by atoms with Gasteiger partial charge in [0.1, 0.15) is 0 Å².